The van der Waals surface area contributed by atoms with Crippen molar-refractivity contribution in [3.8, 4) is 0 Å². The van der Waals surface area contributed by atoms with Gasteiger partial charge in [-0.05, 0) is 5.30 Å². The molecule has 0 radical (unpaired) electrons. The summed E-state index contributed by atoms with van der Waals surface area (Å²) in [6.07, 6.45) is 0. The van der Waals surface area contributed by atoms with Crippen LogP contribution in [0.2, 0.25) is 0 Å². The molecule has 0 fully saturated rings. The Kier molecular flexibility index (Phi) is 19.8. The van der Waals surface area contributed by atoms with E-state index >= 15 is 0 Å². The molecule has 0 aromatic heterocycles. The zero-order chi connectivity index (χ0) is 26.9. The van der Waals surface area contributed by atoms with Crippen LogP contribution in [0, 0.1) is 0 Å². The first-order valence-electron chi connectivity index (χ1n) is 9.51. The van der Waals surface area contributed by atoms with Crippen LogP contribution in [0.15, 0.2) is 60.7 Å². The quantitative estimate of drug-likeness (QED) is 0.230. The molecule has 0 heterocycles. The lowest BCUT2D eigenvalue weighted by molar-refractivity contribution is 0.239. The lowest BCUT2D eigenvalue weighted by atomic mass is 10.4. The van der Waals surface area contributed by atoms with Crippen molar-refractivity contribution in [3.05, 3.63) is 60.7 Å². The monoisotopic (exact) mass is 628 g/mol. The Labute approximate surface area is 221 Å². The molecule has 2 rings (SSSR count). The fourth-order valence-corrected chi connectivity index (χ4v) is 16.1. The van der Waals surface area contributed by atoms with Gasteiger partial charge < -0.3 is 31.7 Å². The first-order chi connectivity index (χ1) is 16.6. The molecule has 0 saturated heterocycles. The van der Waals surface area contributed by atoms with Crippen molar-refractivity contribution in [3.63, 3.8) is 0 Å². The summed E-state index contributed by atoms with van der Waals surface area (Å²) >= 11 is 11.3. The van der Waals surface area contributed by atoms with E-state index < -0.39 is 37.1 Å². The fraction of sp³-hybridized carbons (Fsp3) is 0.368. The van der Waals surface area contributed by atoms with Gasteiger partial charge in [0.05, 0.1) is 0 Å². The molecule has 16 heteroatoms. The molecule has 0 amide bonds. The minimum Gasteiger partial charge on any atom is -0.316 e. The number of halogens is 2. The Hall–Kier alpha value is 0.490. The van der Waals surface area contributed by atoms with Gasteiger partial charge in [0.25, 0.3) is 0 Å². The van der Waals surface area contributed by atoms with Crippen LogP contribution in [-0.2, 0) is 40.8 Å². The molecule has 0 aliphatic heterocycles. The Morgan fingerprint density at radius 3 is 1.09 bits per heavy atom. The van der Waals surface area contributed by atoms with Crippen molar-refractivity contribution in [1.82, 2.24) is 0 Å². The summed E-state index contributed by atoms with van der Waals surface area (Å²) in [5.74, 6) is 0. The summed E-state index contributed by atoms with van der Waals surface area (Å²) in [5, 5.41) is 1.58. The van der Waals surface area contributed by atoms with Crippen molar-refractivity contribution in [1.29, 1.82) is 0 Å². The van der Waals surface area contributed by atoms with Crippen LogP contribution in [0.4, 0.5) is 0 Å². The molecular weight excluding hydrogens is 598 g/mol. The van der Waals surface area contributed by atoms with Gasteiger partial charge in [0.15, 0.2) is 7.30 Å². The van der Waals surface area contributed by atoms with Crippen LogP contribution < -0.4 is 10.6 Å². The van der Waals surface area contributed by atoms with E-state index in [1.807, 2.05) is 30.3 Å². The molecule has 0 bridgehead atoms. The van der Waals surface area contributed by atoms with Crippen LogP contribution in [-0.4, -0.2) is 49.8 Å². The molecular formula is C19H31Cl2O9P5. The molecule has 0 aliphatic rings. The highest BCUT2D eigenvalue weighted by molar-refractivity contribution is 8.62. The molecule has 0 N–H and O–H groups in total. The molecule has 0 aliphatic carbocycles. The second-order valence-electron chi connectivity index (χ2n) is 5.63. The van der Waals surface area contributed by atoms with Gasteiger partial charge in [-0.1, -0.05) is 83.1 Å². The third-order valence-corrected chi connectivity index (χ3v) is 20.1. The minimum atomic E-state index is -3.62. The lowest BCUT2D eigenvalue weighted by Gasteiger charge is -2.28. The second kappa shape index (κ2) is 19.5. The summed E-state index contributed by atoms with van der Waals surface area (Å²) in [6.45, 7) is -0.951. The maximum atomic E-state index is 12.7. The Bertz CT molecular complexity index is 845. The smallest absolute Gasteiger partial charge is 0.316 e. The van der Waals surface area contributed by atoms with Crippen LogP contribution >= 0.6 is 59.6 Å². The van der Waals surface area contributed by atoms with E-state index in [1.54, 1.807) is 51.7 Å². The minimum absolute atomic E-state index is 0.566. The first-order valence-corrected chi connectivity index (χ1v) is 19.6. The summed E-state index contributed by atoms with van der Waals surface area (Å²) in [7, 11) is -0.597. The summed E-state index contributed by atoms with van der Waals surface area (Å²) < 4.78 is 59.3. The lowest BCUT2D eigenvalue weighted by Crippen LogP contribution is -2.05. The summed E-state index contributed by atoms with van der Waals surface area (Å²) in [4.78, 5) is 0. The van der Waals surface area contributed by atoms with Crippen molar-refractivity contribution in [2.24, 2.45) is 0 Å². The predicted molar refractivity (Wildman–Crippen MR) is 149 cm³/mol. The zero-order valence-electron chi connectivity index (χ0n) is 20.4. The largest absolute Gasteiger partial charge is 0.365 e. The molecule has 200 valence electrons. The molecule has 0 saturated carbocycles. The predicted octanol–water partition coefficient (Wildman–Crippen LogP) is 7.85. The Morgan fingerprint density at radius 2 is 0.886 bits per heavy atom. The van der Waals surface area contributed by atoms with Crippen LogP contribution in [0.25, 0.3) is 0 Å². The van der Waals surface area contributed by atoms with Crippen molar-refractivity contribution in [2.45, 2.75) is 0 Å². The number of rotatable bonds is 11. The van der Waals surface area contributed by atoms with Crippen molar-refractivity contribution >= 4 is 70.2 Å². The third kappa shape index (κ3) is 12.3. The number of hydrogen-bond donors (Lipinski definition) is 0. The zero-order valence-corrected chi connectivity index (χ0v) is 26.4. The van der Waals surface area contributed by atoms with Crippen molar-refractivity contribution < 1.29 is 40.8 Å². The first kappa shape index (κ1) is 35.5. The third-order valence-electron chi connectivity index (χ3n) is 3.77. The molecule has 9 nitrogen and oxygen atoms in total. The molecule has 0 spiro atoms. The van der Waals surface area contributed by atoms with Gasteiger partial charge in [-0.3, -0.25) is 9.13 Å². The molecule has 0 atom stereocenters. The van der Waals surface area contributed by atoms with E-state index in [2.05, 4.69) is 13.6 Å². The van der Waals surface area contributed by atoms with E-state index in [4.69, 9.17) is 40.6 Å². The van der Waals surface area contributed by atoms with Gasteiger partial charge in [0.1, 0.15) is 6.63 Å². The fourth-order valence-electron chi connectivity index (χ4n) is 2.20. The maximum absolute atomic E-state index is 12.7. The topological polar surface area (TPSA) is 98.8 Å². The number of benzene rings is 2. The van der Waals surface area contributed by atoms with Crippen LogP contribution in [0.1, 0.15) is 0 Å². The normalized spacial score (nSPS) is 11.7. The average Bonchev–Trinajstić information content (AvgIpc) is 2.91. The van der Waals surface area contributed by atoms with E-state index in [0.29, 0.717) is 5.30 Å². The van der Waals surface area contributed by atoms with E-state index in [-0.39, 0.29) is 0 Å². The maximum Gasteiger partial charge on any atom is 0.365 e. The number of hydrogen-bond acceptors (Lipinski definition) is 9. The highest BCUT2D eigenvalue weighted by atomic mass is 35.9. The SMILES string of the molecule is COP(=O)(OC)P(c1ccccc1)P(=O)(OC)OC.COP(OC)OC.ClP(Cl)c1ccccc1. The summed E-state index contributed by atoms with van der Waals surface area (Å²) in [6, 6.07) is 18.3. The average molecular weight is 629 g/mol. The van der Waals surface area contributed by atoms with Gasteiger partial charge in [-0.15, -0.1) is 0 Å². The van der Waals surface area contributed by atoms with Crippen LogP contribution in [0.3, 0.4) is 0 Å². The molecule has 2 aromatic rings. The van der Waals surface area contributed by atoms with Crippen molar-refractivity contribution in [2.75, 3.05) is 49.8 Å². The van der Waals surface area contributed by atoms with Crippen LogP contribution in [0.5, 0.6) is 0 Å². The van der Waals surface area contributed by atoms with E-state index in [9.17, 15) is 9.13 Å². The van der Waals surface area contributed by atoms with Gasteiger partial charge in [-0.25, -0.2) is 0 Å². The second-order valence-corrected chi connectivity index (χ2v) is 21.4. The van der Waals surface area contributed by atoms with Gasteiger partial charge in [0.2, 0.25) is 0 Å². The van der Waals surface area contributed by atoms with Gasteiger partial charge in [0, 0.05) is 55.1 Å². The highest BCUT2D eigenvalue weighted by Gasteiger charge is 2.50. The molecule has 0 unspecified atom stereocenters. The highest BCUT2D eigenvalue weighted by Crippen LogP contribution is 2.94. The van der Waals surface area contributed by atoms with Gasteiger partial charge >= 0.3 is 23.2 Å². The molecule has 2 aromatic carbocycles. The van der Waals surface area contributed by atoms with E-state index in [0.717, 1.165) is 5.30 Å². The Balaban J connectivity index is 0.000000594. The van der Waals surface area contributed by atoms with E-state index in [1.165, 1.54) is 28.4 Å². The Morgan fingerprint density at radius 1 is 0.571 bits per heavy atom. The van der Waals surface area contributed by atoms with Gasteiger partial charge in [-0.2, -0.15) is 0 Å². The molecule has 35 heavy (non-hydrogen) atoms. The standard InChI is InChI=1S/C10H17O6P3.C6H5Cl2P.C3H9O3P/c1-13-18(11,14-2)17(19(12,15-3)16-4)10-8-6-5-7-9-10;7-9(8)6-4-2-1-3-5-6;1-4-7(5-2)6-3/h5-9H,1-4H3;1-5H;1-3H3. The summed E-state index contributed by atoms with van der Waals surface area (Å²) in [5.41, 5.74) is 0.